The van der Waals surface area contributed by atoms with E-state index in [2.05, 4.69) is 115 Å². The van der Waals surface area contributed by atoms with Crippen molar-refractivity contribution in [2.45, 2.75) is 72.3 Å². The lowest BCUT2D eigenvalue weighted by Crippen LogP contribution is -2.37. The summed E-state index contributed by atoms with van der Waals surface area (Å²) in [6.07, 6.45) is 1.80. The van der Waals surface area contributed by atoms with Gasteiger partial charge in [-0.2, -0.15) is 0 Å². The third-order valence-corrected chi connectivity index (χ3v) is 9.21. The van der Waals surface area contributed by atoms with E-state index in [1.165, 1.54) is 32.9 Å². The molecule has 0 heterocycles. The molecule has 0 N–H and O–H groups in total. The van der Waals surface area contributed by atoms with Gasteiger partial charge in [0, 0.05) is 19.7 Å². The summed E-state index contributed by atoms with van der Waals surface area (Å²) in [5.74, 6) is 0.991. The van der Waals surface area contributed by atoms with E-state index in [9.17, 15) is 0 Å². The molecule has 0 aliphatic rings. The molecule has 0 spiro atoms. The van der Waals surface area contributed by atoms with E-state index in [1.807, 2.05) is 0 Å². The Balaban J connectivity index is 1.78. The van der Waals surface area contributed by atoms with Gasteiger partial charge in [0.2, 0.25) is 0 Å². The first-order valence-corrected chi connectivity index (χ1v) is 14.3. The van der Waals surface area contributed by atoms with E-state index in [1.54, 1.807) is 7.11 Å². The Hall–Kier alpha value is -2.19. The molecule has 3 rings (SSSR count). The van der Waals surface area contributed by atoms with Crippen molar-refractivity contribution in [2.75, 3.05) is 20.3 Å². The molecule has 0 bridgehead atoms. The van der Waals surface area contributed by atoms with Crippen molar-refractivity contribution in [3.63, 3.8) is 0 Å². The number of hydrogen-bond donors (Lipinski definition) is 0. The highest BCUT2D eigenvalue weighted by Gasteiger charge is 2.29. The molecule has 3 aromatic carbocycles. The Kier molecular flexibility index (Phi) is 9.75. The van der Waals surface area contributed by atoms with Crippen LogP contribution in [0.3, 0.4) is 0 Å². The molecule has 3 nitrogen and oxygen atoms in total. The molecule has 0 aliphatic carbocycles. The van der Waals surface area contributed by atoms with Gasteiger partial charge in [-0.15, -0.1) is 0 Å². The van der Waals surface area contributed by atoms with Crippen molar-refractivity contribution < 1.29 is 14.2 Å². The van der Waals surface area contributed by atoms with Gasteiger partial charge in [0.25, 0.3) is 0 Å². The van der Waals surface area contributed by atoms with Crippen molar-refractivity contribution >= 4 is 18.5 Å². The summed E-state index contributed by atoms with van der Waals surface area (Å²) in [5, 5.41) is 2.80. The zero-order valence-electron chi connectivity index (χ0n) is 23.4. The fraction of sp³-hybridized carbons (Fsp3) is 0.438. The number of aryl methyl sites for hydroxylation is 2. The highest BCUT2D eigenvalue weighted by molar-refractivity contribution is 7.72. The highest BCUT2D eigenvalue weighted by Crippen LogP contribution is 2.42. The van der Waals surface area contributed by atoms with Gasteiger partial charge in [0.15, 0.2) is 0 Å². The van der Waals surface area contributed by atoms with Crippen LogP contribution in [-0.4, -0.2) is 31.5 Å². The SMILES string of the molecule is COC(C)(C)CC(C)(C)OCCOc1c(C)cc(C)c(CP(c2ccccc2)c2ccccc2)c1C. The molecule has 4 heteroatoms. The first kappa shape index (κ1) is 28.4. The lowest BCUT2D eigenvalue weighted by molar-refractivity contribution is -0.0915. The topological polar surface area (TPSA) is 27.7 Å². The lowest BCUT2D eigenvalue weighted by Gasteiger charge is -2.34. The highest BCUT2D eigenvalue weighted by atomic mass is 31.1. The van der Waals surface area contributed by atoms with Gasteiger partial charge in [-0.3, -0.25) is 0 Å². The largest absolute Gasteiger partial charge is 0.491 e. The maximum atomic E-state index is 6.36. The van der Waals surface area contributed by atoms with Crippen LogP contribution >= 0.6 is 7.92 Å². The third-order valence-electron chi connectivity index (χ3n) is 6.74. The lowest BCUT2D eigenvalue weighted by atomic mass is 9.92. The second-order valence-electron chi connectivity index (χ2n) is 10.8. The van der Waals surface area contributed by atoms with Crippen LogP contribution in [0.1, 0.15) is 56.4 Å². The molecule has 0 atom stereocenters. The van der Waals surface area contributed by atoms with E-state index in [4.69, 9.17) is 14.2 Å². The maximum absolute atomic E-state index is 6.36. The van der Waals surface area contributed by atoms with E-state index in [0.717, 1.165) is 18.3 Å². The average Bonchev–Trinajstić information content (AvgIpc) is 2.84. The maximum Gasteiger partial charge on any atom is 0.125 e. The average molecular weight is 507 g/mol. The molecule has 0 radical (unpaired) electrons. The van der Waals surface area contributed by atoms with Crippen molar-refractivity contribution in [2.24, 2.45) is 0 Å². The summed E-state index contributed by atoms with van der Waals surface area (Å²) in [5.41, 5.74) is 4.63. The molecule has 0 aliphatic heterocycles. The summed E-state index contributed by atoms with van der Waals surface area (Å²) >= 11 is 0. The quantitative estimate of drug-likeness (QED) is 0.192. The van der Waals surface area contributed by atoms with Crippen LogP contribution in [0, 0.1) is 20.8 Å². The monoisotopic (exact) mass is 506 g/mol. The van der Waals surface area contributed by atoms with Gasteiger partial charge in [-0.05, 0) is 89.3 Å². The molecule has 36 heavy (non-hydrogen) atoms. The second-order valence-corrected chi connectivity index (χ2v) is 13.0. The molecule has 0 fully saturated rings. The molecular formula is C32H43O3P. The summed E-state index contributed by atoms with van der Waals surface area (Å²) < 4.78 is 18.2. The number of benzene rings is 3. The molecule has 3 aromatic rings. The summed E-state index contributed by atoms with van der Waals surface area (Å²) in [4.78, 5) is 0. The molecule has 0 aromatic heterocycles. The van der Waals surface area contributed by atoms with E-state index >= 15 is 0 Å². The fourth-order valence-electron chi connectivity index (χ4n) is 4.99. The van der Waals surface area contributed by atoms with Gasteiger partial charge in [-0.1, -0.05) is 66.7 Å². The van der Waals surface area contributed by atoms with Crippen LogP contribution in [-0.2, 0) is 15.6 Å². The minimum atomic E-state index is -0.520. The van der Waals surface area contributed by atoms with Gasteiger partial charge in [-0.25, -0.2) is 0 Å². The summed E-state index contributed by atoms with van der Waals surface area (Å²) in [7, 11) is 1.23. The Morgan fingerprint density at radius 3 is 1.81 bits per heavy atom. The number of hydrogen-bond acceptors (Lipinski definition) is 3. The number of methoxy groups -OCH3 is 1. The van der Waals surface area contributed by atoms with E-state index in [0.29, 0.717) is 13.2 Å². The van der Waals surface area contributed by atoms with Crippen molar-refractivity contribution in [3.8, 4) is 5.75 Å². The minimum Gasteiger partial charge on any atom is -0.491 e. The van der Waals surface area contributed by atoms with Gasteiger partial charge >= 0.3 is 0 Å². The van der Waals surface area contributed by atoms with E-state index in [-0.39, 0.29) is 11.2 Å². The van der Waals surface area contributed by atoms with Crippen LogP contribution in [0.2, 0.25) is 0 Å². The first-order chi connectivity index (χ1) is 17.0. The summed E-state index contributed by atoms with van der Waals surface area (Å²) in [6.45, 7) is 16.0. The van der Waals surface area contributed by atoms with Gasteiger partial charge < -0.3 is 14.2 Å². The predicted molar refractivity (Wildman–Crippen MR) is 155 cm³/mol. The zero-order valence-corrected chi connectivity index (χ0v) is 24.2. The molecular weight excluding hydrogens is 463 g/mol. The Morgan fingerprint density at radius 1 is 0.722 bits per heavy atom. The molecule has 194 valence electrons. The summed E-state index contributed by atoms with van der Waals surface area (Å²) in [6, 6.07) is 24.1. The molecule has 0 saturated heterocycles. The molecule has 0 amide bonds. The number of rotatable bonds is 12. The van der Waals surface area contributed by atoms with Crippen molar-refractivity contribution in [1.29, 1.82) is 0 Å². The standard InChI is InChI=1S/C32H43O3P/c1-24-21-25(2)30(34-19-20-35-32(6,7)23-31(4,5)33-8)26(3)29(24)22-36(27-15-11-9-12-16-27)28-17-13-10-14-18-28/h9-18,21H,19-20,22-23H2,1-8H3. The number of ether oxygens (including phenoxy) is 3. The van der Waals surface area contributed by atoms with Crippen LogP contribution in [0.25, 0.3) is 0 Å². The molecule has 0 saturated carbocycles. The Labute approximate surface area is 219 Å². The van der Waals surface area contributed by atoms with Gasteiger partial charge in [0.1, 0.15) is 12.4 Å². The van der Waals surface area contributed by atoms with Crippen LogP contribution < -0.4 is 15.3 Å². The molecule has 0 unspecified atom stereocenters. The second kappa shape index (κ2) is 12.4. The van der Waals surface area contributed by atoms with Gasteiger partial charge in [0.05, 0.1) is 17.8 Å². The Bertz CT molecular complexity index is 1070. The van der Waals surface area contributed by atoms with Crippen molar-refractivity contribution in [3.05, 3.63) is 89.0 Å². The third kappa shape index (κ3) is 7.65. The predicted octanol–water partition coefficient (Wildman–Crippen LogP) is 7.23. The Morgan fingerprint density at radius 2 is 1.28 bits per heavy atom. The fourth-order valence-corrected chi connectivity index (χ4v) is 7.52. The first-order valence-electron chi connectivity index (χ1n) is 12.8. The van der Waals surface area contributed by atoms with Crippen molar-refractivity contribution in [1.82, 2.24) is 0 Å². The minimum absolute atomic E-state index is 0.223. The van der Waals surface area contributed by atoms with Crippen LogP contribution in [0.15, 0.2) is 66.7 Å². The smallest absolute Gasteiger partial charge is 0.125 e. The normalized spacial score (nSPS) is 12.2. The van der Waals surface area contributed by atoms with Crippen LogP contribution in [0.4, 0.5) is 0 Å². The van der Waals surface area contributed by atoms with E-state index < -0.39 is 7.92 Å². The van der Waals surface area contributed by atoms with Crippen LogP contribution in [0.5, 0.6) is 5.75 Å². The zero-order chi connectivity index (χ0) is 26.3.